The summed E-state index contributed by atoms with van der Waals surface area (Å²) in [6.07, 6.45) is 5.58. The second-order valence-corrected chi connectivity index (χ2v) is 9.85. The lowest BCUT2D eigenvalue weighted by atomic mass is 9.70. The van der Waals surface area contributed by atoms with E-state index >= 15 is 0 Å². The average Bonchev–Trinajstić information content (AvgIpc) is 3.12. The summed E-state index contributed by atoms with van der Waals surface area (Å²) in [7, 11) is 0. The van der Waals surface area contributed by atoms with E-state index in [-0.39, 0.29) is 30.1 Å². The first kappa shape index (κ1) is 23.1. The van der Waals surface area contributed by atoms with Gasteiger partial charge in [0.05, 0.1) is 30.5 Å². The number of hydrogen-bond donors (Lipinski definition) is 2. The summed E-state index contributed by atoms with van der Waals surface area (Å²) in [5.41, 5.74) is 2.21. The van der Waals surface area contributed by atoms with Crippen molar-refractivity contribution in [3.8, 4) is 17.2 Å². The number of amides is 1. The van der Waals surface area contributed by atoms with Gasteiger partial charge in [-0.05, 0) is 63.0 Å². The molecule has 9 heteroatoms. The molecule has 178 valence electrons. The number of pyridine rings is 1. The zero-order valence-corrected chi connectivity index (χ0v) is 19.3. The van der Waals surface area contributed by atoms with Crippen LogP contribution in [0.15, 0.2) is 22.9 Å². The van der Waals surface area contributed by atoms with Crippen molar-refractivity contribution in [2.75, 3.05) is 0 Å². The van der Waals surface area contributed by atoms with E-state index in [2.05, 4.69) is 29.3 Å². The molecule has 0 unspecified atom stereocenters. The van der Waals surface area contributed by atoms with Gasteiger partial charge in [-0.1, -0.05) is 19.0 Å². The number of aryl methyl sites for hydroxylation is 1. The molecule has 2 aromatic rings. The highest BCUT2D eigenvalue weighted by Gasteiger charge is 2.38. The number of carboxylic acid groups (broad SMARTS) is 1. The second-order valence-electron chi connectivity index (χ2n) is 9.85. The van der Waals surface area contributed by atoms with Gasteiger partial charge >= 0.3 is 12.1 Å². The summed E-state index contributed by atoms with van der Waals surface area (Å²) in [6, 6.07) is 3.56. The fraction of sp³-hybridized carbons (Fsp3) is 0.583. The Morgan fingerprint density at radius 2 is 2.03 bits per heavy atom. The molecule has 4 rings (SSSR count). The van der Waals surface area contributed by atoms with Crippen molar-refractivity contribution in [2.24, 2.45) is 11.3 Å². The van der Waals surface area contributed by atoms with Crippen molar-refractivity contribution in [1.29, 1.82) is 0 Å². The minimum Gasteiger partial charge on any atom is -0.489 e. The van der Waals surface area contributed by atoms with E-state index in [1.54, 1.807) is 18.3 Å². The Kier molecular flexibility index (Phi) is 6.58. The highest BCUT2D eigenvalue weighted by Crippen LogP contribution is 2.41. The molecule has 2 saturated carbocycles. The Hall–Kier alpha value is -3.10. The van der Waals surface area contributed by atoms with Crippen LogP contribution in [0.25, 0.3) is 11.5 Å². The largest absolute Gasteiger partial charge is 0.489 e. The summed E-state index contributed by atoms with van der Waals surface area (Å²) in [4.78, 5) is 27.9. The molecular weight excluding hydrogens is 426 g/mol. The number of alkyl carbamates (subject to hydrolysis) is 1. The third-order valence-corrected chi connectivity index (χ3v) is 6.48. The van der Waals surface area contributed by atoms with Crippen molar-refractivity contribution < 1.29 is 28.7 Å². The molecule has 0 saturated heterocycles. The van der Waals surface area contributed by atoms with Crippen LogP contribution in [0.1, 0.15) is 63.6 Å². The van der Waals surface area contributed by atoms with Crippen LogP contribution < -0.4 is 10.1 Å². The van der Waals surface area contributed by atoms with Crippen LogP contribution in [0.3, 0.4) is 0 Å². The van der Waals surface area contributed by atoms with Crippen LogP contribution >= 0.6 is 0 Å². The number of carboxylic acids is 1. The van der Waals surface area contributed by atoms with Crippen molar-refractivity contribution >= 4 is 12.1 Å². The van der Waals surface area contributed by atoms with Gasteiger partial charge in [0.2, 0.25) is 0 Å². The van der Waals surface area contributed by atoms with Gasteiger partial charge in [-0.3, -0.25) is 4.79 Å². The second kappa shape index (κ2) is 9.41. The zero-order valence-electron chi connectivity index (χ0n) is 19.3. The minimum atomic E-state index is -0.765. The first-order valence-corrected chi connectivity index (χ1v) is 11.5. The zero-order chi connectivity index (χ0) is 23.6. The fourth-order valence-electron chi connectivity index (χ4n) is 4.66. The Morgan fingerprint density at radius 3 is 2.70 bits per heavy atom. The van der Waals surface area contributed by atoms with Gasteiger partial charge < -0.3 is 24.4 Å². The number of rotatable bonds is 7. The highest BCUT2D eigenvalue weighted by atomic mass is 16.6. The SMILES string of the molecule is Cc1noc(-c2ccc(O[C@H]3CCC[C@H](C(=O)O)C3)cn2)c1CNC(=O)OC1CC(C)(C)C1. The molecule has 0 aliphatic heterocycles. The number of carbonyl (C=O) groups excluding carboxylic acids is 1. The summed E-state index contributed by atoms with van der Waals surface area (Å²) < 4.78 is 16.9. The molecule has 2 fully saturated rings. The van der Waals surface area contributed by atoms with Crippen LogP contribution in [0.2, 0.25) is 0 Å². The van der Waals surface area contributed by atoms with Gasteiger partial charge in [0, 0.05) is 5.56 Å². The maximum atomic E-state index is 12.2. The molecule has 2 heterocycles. The monoisotopic (exact) mass is 457 g/mol. The maximum Gasteiger partial charge on any atom is 0.407 e. The van der Waals surface area contributed by atoms with E-state index in [4.69, 9.17) is 14.0 Å². The molecule has 0 aromatic carbocycles. The lowest BCUT2D eigenvalue weighted by molar-refractivity contribution is -0.143. The Morgan fingerprint density at radius 1 is 1.24 bits per heavy atom. The molecular formula is C24H31N3O6. The molecule has 33 heavy (non-hydrogen) atoms. The summed E-state index contributed by atoms with van der Waals surface area (Å²) in [5.74, 6) is -0.0601. The first-order valence-electron chi connectivity index (χ1n) is 11.5. The van der Waals surface area contributed by atoms with Gasteiger partial charge in [0.1, 0.15) is 17.5 Å². The molecule has 2 N–H and O–H groups in total. The highest BCUT2D eigenvalue weighted by molar-refractivity contribution is 5.70. The van der Waals surface area contributed by atoms with E-state index in [0.717, 1.165) is 31.2 Å². The predicted molar refractivity (Wildman–Crippen MR) is 119 cm³/mol. The van der Waals surface area contributed by atoms with Gasteiger partial charge in [0.25, 0.3) is 0 Å². The summed E-state index contributed by atoms with van der Waals surface area (Å²) in [5, 5.41) is 16.1. The lowest BCUT2D eigenvalue weighted by Gasteiger charge is -2.41. The van der Waals surface area contributed by atoms with Crippen molar-refractivity contribution in [3.63, 3.8) is 0 Å². The number of nitrogens with one attached hydrogen (secondary N) is 1. The molecule has 9 nitrogen and oxygen atoms in total. The van der Waals surface area contributed by atoms with E-state index in [1.807, 2.05) is 6.92 Å². The van der Waals surface area contributed by atoms with Crippen LogP contribution in [-0.2, 0) is 16.1 Å². The van der Waals surface area contributed by atoms with E-state index in [1.165, 1.54) is 0 Å². The Labute approximate surface area is 192 Å². The average molecular weight is 458 g/mol. The van der Waals surface area contributed by atoms with Crippen LogP contribution in [0.5, 0.6) is 5.75 Å². The van der Waals surface area contributed by atoms with Crippen molar-refractivity contribution in [1.82, 2.24) is 15.5 Å². The number of aliphatic carboxylic acids is 1. The van der Waals surface area contributed by atoms with Gasteiger partial charge in [-0.25, -0.2) is 9.78 Å². The summed E-state index contributed by atoms with van der Waals surface area (Å²) in [6.45, 7) is 6.34. The molecule has 1 amide bonds. The van der Waals surface area contributed by atoms with Crippen LogP contribution in [0, 0.1) is 18.3 Å². The van der Waals surface area contributed by atoms with E-state index < -0.39 is 12.1 Å². The van der Waals surface area contributed by atoms with E-state index in [0.29, 0.717) is 35.7 Å². The molecule has 2 aliphatic rings. The van der Waals surface area contributed by atoms with Gasteiger partial charge in [-0.15, -0.1) is 0 Å². The lowest BCUT2D eigenvalue weighted by Crippen LogP contribution is -2.41. The predicted octanol–water partition coefficient (Wildman–Crippen LogP) is 4.48. The first-order chi connectivity index (χ1) is 15.7. The quantitative estimate of drug-likeness (QED) is 0.624. The molecule has 2 atom stereocenters. The third kappa shape index (κ3) is 5.64. The topological polar surface area (TPSA) is 124 Å². The Bertz CT molecular complexity index is 992. The third-order valence-electron chi connectivity index (χ3n) is 6.48. The number of carbonyl (C=O) groups is 2. The standard InChI is InChI=1S/C24H31N3O6/c1-14-19(13-26-23(30)32-18-10-24(2,3)11-18)21(33-27-14)20-8-7-17(12-25-20)31-16-6-4-5-15(9-16)22(28)29/h7-8,12,15-16,18H,4-6,9-11,13H2,1-3H3,(H,26,30)(H,28,29)/t15-,16-/m0/s1. The summed E-state index contributed by atoms with van der Waals surface area (Å²) >= 11 is 0. The molecule has 0 radical (unpaired) electrons. The number of aromatic nitrogens is 2. The van der Waals surface area contributed by atoms with Gasteiger partial charge in [0.15, 0.2) is 5.76 Å². The smallest absolute Gasteiger partial charge is 0.407 e. The molecule has 2 aromatic heterocycles. The molecule has 0 spiro atoms. The number of ether oxygens (including phenoxy) is 2. The van der Waals surface area contributed by atoms with Crippen LogP contribution in [-0.4, -0.2) is 39.5 Å². The maximum absolute atomic E-state index is 12.2. The number of hydrogen-bond acceptors (Lipinski definition) is 7. The van der Waals surface area contributed by atoms with E-state index in [9.17, 15) is 14.7 Å². The van der Waals surface area contributed by atoms with Crippen molar-refractivity contribution in [2.45, 2.75) is 78.0 Å². The van der Waals surface area contributed by atoms with Gasteiger partial charge in [-0.2, -0.15) is 0 Å². The fourth-order valence-corrected chi connectivity index (χ4v) is 4.66. The molecule has 0 bridgehead atoms. The Balaban J connectivity index is 1.34. The van der Waals surface area contributed by atoms with Crippen LogP contribution in [0.4, 0.5) is 4.79 Å². The normalized spacial score (nSPS) is 22.3. The minimum absolute atomic E-state index is 0.0350. The molecule has 2 aliphatic carbocycles. The van der Waals surface area contributed by atoms with Crippen molar-refractivity contribution in [3.05, 3.63) is 29.6 Å². The number of nitrogens with zero attached hydrogens (tertiary/aromatic N) is 2.